The van der Waals surface area contributed by atoms with E-state index in [0.29, 0.717) is 29.4 Å². The average Bonchev–Trinajstić information content (AvgIpc) is 2.80. The highest BCUT2D eigenvalue weighted by Gasteiger charge is 2.24. The molecule has 0 fully saturated rings. The summed E-state index contributed by atoms with van der Waals surface area (Å²) in [5.41, 5.74) is 1.80. The fourth-order valence-electron chi connectivity index (χ4n) is 2.37. The largest absolute Gasteiger partial charge is 0.395 e. The zero-order valence-electron chi connectivity index (χ0n) is 13.1. The number of aliphatic hydroxyl groups is 1. The normalized spacial score (nSPS) is 10.8. The first-order valence-electron chi connectivity index (χ1n) is 7.36. The molecule has 7 heteroatoms. The molecule has 0 aliphatic carbocycles. The van der Waals surface area contributed by atoms with E-state index in [1.807, 2.05) is 25.1 Å². The average molecular weight is 356 g/mol. The van der Waals surface area contributed by atoms with E-state index in [2.05, 4.69) is 5.10 Å². The molecule has 0 unspecified atom stereocenters. The lowest BCUT2D eigenvalue weighted by Crippen LogP contribution is -2.33. The van der Waals surface area contributed by atoms with Crippen LogP contribution in [0, 0.1) is 6.92 Å². The van der Waals surface area contributed by atoms with Crippen molar-refractivity contribution >= 4 is 29.1 Å². The second-order valence-corrected chi connectivity index (χ2v) is 5.87. The van der Waals surface area contributed by atoms with E-state index in [4.69, 9.17) is 28.3 Å². The Bertz CT molecular complexity index is 701. The molecule has 0 aliphatic heterocycles. The van der Waals surface area contributed by atoms with Crippen LogP contribution in [0.2, 0.25) is 10.2 Å². The van der Waals surface area contributed by atoms with E-state index in [-0.39, 0.29) is 24.2 Å². The summed E-state index contributed by atoms with van der Waals surface area (Å²) >= 11 is 12.5. The number of carbonyl (C=O) groups is 1. The molecule has 23 heavy (non-hydrogen) atoms. The highest BCUT2D eigenvalue weighted by molar-refractivity contribution is 6.33. The predicted molar refractivity (Wildman–Crippen MR) is 91.2 cm³/mol. The number of likely N-dealkylation sites (N-methyl/N-ethyl adjacent to an activating group) is 1. The van der Waals surface area contributed by atoms with Gasteiger partial charge in [-0.2, -0.15) is 5.10 Å². The number of halogens is 2. The quantitative estimate of drug-likeness (QED) is 0.866. The zero-order chi connectivity index (χ0) is 17.0. The SMILES string of the molecule is CCN(CCO)C(=O)c1c(C)nn(Cc2ccccc2Cl)c1Cl. The van der Waals surface area contributed by atoms with E-state index in [1.165, 1.54) is 4.90 Å². The van der Waals surface area contributed by atoms with Gasteiger partial charge in [-0.15, -0.1) is 0 Å². The minimum absolute atomic E-state index is 0.0932. The van der Waals surface area contributed by atoms with E-state index < -0.39 is 0 Å². The number of aliphatic hydroxyl groups excluding tert-OH is 1. The number of aromatic nitrogens is 2. The van der Waals surface area contributed by atoms with Gasteiger partial charge >= 0.3 is 0 Å². The summed E-state index contributed by atoms with van der Waals surface area (Å²) in [6.07, 6.45) is 0. The van der Waals surface area contributed by atoms with Gasteiger partial charge in [-0.1, -0.05) is 41.4 Å². The predicted octanol–water partition coefficient (Wildman–Crippen LogP) is 3.00. The number of hydrogen-bond acceptors (Lipinski definition) is 3. The molecule has 124 valence electrons. The molecule has 1 heterocycles. The van der Waals surface area contributed by atoms with Gasteiger partial charge in [-0.3, -0.25) is 4.79 Å². The molecule has 1 aromatic carbocycles. The molecule has 0 spiro atoms. The number of nitrogens with zero attached hydrogens (tertiary/aromatic N) is 3. The fraction of sp³-hybridized carbons (Fsp3) is 0.375. The molecule has 1 aromatic heterocycles. The van der Waals surface area contributed by atoms with Gasteiger partial charge in [0.1, 0.15) is 5.15 Å². The van der Waals surface area contributed by atoms with Gasteiger partial charge in [0.15, 0.2) is 0 Å². The van der Waals surface area contributed by atoms with Crippen molar-refractivity contribution in [3.05, 3.63) is 51.3 Å². The smallest absolute Gasteiger partial charge is 0.258 e. The summed E-state index contributed by atoms with van der Waals surface area (Å²) in [6.45, 7) is 4.65. The highest BCUT2D eigenvalue weighted by Crippen LogP contribution is 2.24. The van der Waals surface area contributed by atoms with Crippen LogP contribution < -0.4 is 0 Å². The van der Waals surface area contributed by atoms with Gasteiger partial charge in [0.05, 0.1) is 24.4 Å². The summed E-state index contributed by atoms with van der Waals surface area (Å²) in [5.74, 6) is -0.227. The van der Waals surface area contributed by atoms with Crippen molar-refractivity contribution in [2.24, 2.45) is 0 Å². The summed E-state index contributed by atoms with van der Waals surface area (Å²) in [5, 5.41) is 14.3. The summed E-state index contributed by atoms with van der Waals surface area (Å²) < 4.78 is 1.57. The highest BCUT2D eigenvalue weighted by atomic mass is 35.5. The Hall–Kier alpha value is -1.56. The Labute approximate surface area is 145 Å². The second-order valence-electron chi connectivity index (χ2n) is 5.11. The summed E-state index contributed by atoms with van der Waals surface area (Å²) in [4.78, 5) is 14.1. The van der Waals surface area contributed by atoms with Crippen LogP contribution in [-0.4, -0.2) is 45.4 Å². The molecular formula is C16H19Cl2N3O2. The van der Waals surface area contributed by atoms with Gasteiger partial charge in [-0.25, -0.2) is 4.68 Å². The number of hydrogen-bond donors (Lipinski definition) is 1. The number of carbonyl (C=O) groups excluding carboxylic acids is 1. The van der Waals surface area contributed by atoms with Crippen molar-refractivity contribution < 1.29 is 9.90 Å². The monoisotopic (exact) mass is 355 g/mol. The molecule has 0 radical (unpaired) electrons. The first kappa shape index (κ1) is 17.8. The summed E-state index contributed by atoms with van der Waals surface area (Å²) in [7, 11) is 0. The molecule has 0 saturated heterocycles. The van der Waals surface area contributed by atoms with Crippen LogP contribution in [-0.2, 0) is 6.54 Å². The lowest BCUT2D eigenvalue weighted by molar-refractivity contribution is 0.0731. The van der Waals surface area contributed by atoms with E-state index in [0.717, 1.165) is 5.56 Å². The van der Waals surface area contributed by atoms with E-state index in [9.17, 15) is 4.79 Å². The molecule has 5 nitrogen and oxygen atoms in total. The third kappa shape index (κ3) is 3.86. The van der Waals surface area contributed by atoms with Crippen molar-refractivity contribution in [1.29, 1.82) is 0 Å². The maximum absolute atomic E-state index is 12.6. The third-order valence-corrected chi connectivity index (χ3v) is 4.35. The molecule has 0 saturated carbocycles. The molecule has 2 aromatic rings. The Morgan fingerprint density at radius 1 is 1.35 bits per heavy atom. The van der Waals surface area contributed by atoms with Gasteiger partial charge in [0.25, 0.3) is 5.91 Å². The van der Waals surface area contributed by atoms with Crippen LogP contribution in [0.1, 0.15) is 28.5 Å². The molecule has 1 amide bonds. The molecule has 0 atom stereocenters. The zero-order valence-corrected chi connectivity index (χ0v) is 14.6. The van der Waals surface area contributed by atoms with Crippen LogP contribution in [0.15, 0.2) is 24.3 Å². The van der Waals surface area contributed by atoms with Gasteiger partial charge < -0.3 is 10.0 Å². The van der Waals surface area contributed by atoms with Crippen LogP contribution in [0.4, 0.5) is 0 Å². The molecule has 0 aliphatic rings. The van der Waals surface area contributed by atoms with E-state index in [1.54, 1.807) is 17.7 Å². The van der Waals surface area contributed by atoms with E-state index >= 15 is 0 Å². The lowest BCUT2D eigenvalue weighted by atomic mass is 10.2. The van der Waals surface area contributed by atoms with Crippen molar-refractivity contribution in [1.82, 2.24) is 14.7 Å². The van der Waals surface area contributed by atoms with Crippen molar-refractivity contribution in [3.63, 3.8) is 0 Å². The number of rotatable bonds is 6. The minimum atomic E-state index is -0.227. The second kappa shape index (κ2) is 7.81. The first-order valence-corrected chi connectivity index (χ1v) is 8.11. The van der Waals surface area contributed by atoms with Gasteiger partial charge in [-0.05, 0) is 25.5 Å². The number of amides is 1. The summed E-state index contributed by atoms with van der Waals surface area (Å²) in [6, 6.07) is 7.43. The van der Waals surface area contributed by atoms with Crippen molar-refractivity contribution in [2.45, 2.75) is 20.4 Å². The maximum Gasteiger partial charge on any atom is 0.258 e. The minimum Gasteiger partial charge on any atom is -0.395 e. The van der Waals surface area contributed by atoms with Crippen molar-refractivity contribution in [2.75, 3.05) is 19.7 Å². The van der Waals surface area contributed by atoms with Crippen LogP contribution in [0.3, 0.4) is 0 Å². The van der Waals surface area contributed by atoms with Gasteiger partial charge in [0, 0.05) is 18.1 Å². The Morgan fingerprint density at radius 3 is 2.65 bits per heavy atom. The fourth-order valence-corrected chi connectivity index (χ4v) is 2.88. The molecule has 1 N–H and O–H groups in total. The van der Waals surface area contributed by atoms with Crippen LogP contribution >= 0.6 is 23.2 Å². The Kier molecular flexibility index (Phi) is 6.04. The van der Waals surface area contributed by atoms with Crippen LogP contribution in [0.25, 0.3) is 0 Å². The topological polar surface area (TPSA) is 58.4 Å². The Balaban J connectivity index is 2.32. The van der Waals surface area contributed by atoms with Crippen LogP contribution in [0.5, 0.6) is 0 Å². The molecular weight excluding hydrogens is 337 g/mol. The third-order valence-electron chi connectivity index (χ3n) is 3.60. The first-order chi connectivity index (χ1) is 11.0. The van der Waals surface area contributed by atoms with Gasteiger partial charge in [0.2, 0.25) is 0 Å². The number of aryl methyl sites for hydroxylation is 1. The maximum atomic E-state index is 12.6. The lowest BCUT2D eigenvalue weighted by Gasteiger charge is -2.19. The molecule has 0 bridgehead atoms. The molecule has 2 rings (SSSR count). The number of benzene rings is 1. The van der Waals surface area contributed by atoms with Crippen molar-refractivity contribution in [3.8, 4) is 0 Å². The Morgan fingerprint density at radius 2 is 2.04 bits per heavy atom. The standard InChI is InChI=1S/C16H19Cl2N3O2/c1-3-20(8-9-22)16(23)14-11(2)19-21(15(14)18)10-12-6-4-5-7-13(12)17/h4-7,22H,3,8-10H2,1-2H3.